The van der Waals surface area contributed by atoms with E-state index in [0.29, 0.717) is 12.5 Å². The summed E-state index contributed by atoms with van der Waals surface area (Å²) in [5, 5.41) is 0. The summed E-state index contributed by atoms with van der Waals surface area (Å²) >= 11 is 1.95. The second-order valence-electron chi connectivity index (χ2n) is 7.35. The van der Waals surface area contributed by atoms with Gasteiger partial charge in [-0.05, 0) is 35.0 Å². The topological polar surface area (TPSA) is 26.0 Å². The fraction of sp³-hybridized carbons (Fsp3) is 0.360. The van der Waals surface area contributed by atoms with Gasteiger partial charge in [0.15, 0.2) is 0 Å². The molecule has 1 nitrogen and oxygen atoms in total. The first-order chi connectivity index (χ1) is 13.2. The summed E-state index contributed by atoms with van der Waals surface area (Å²) in [5.41, 5.74) is 9.98. The molecule has 2 N–H and O–H groups in total. The number of hydrogen-bond acceptors (Lipinski definition) is 2. The zero-order valence-corrected chi connectivity index (χ0v) is 17.3. The SMILES string of the molecule is CC[C@H](C)C1C=CC(C(SCCN)(c2ccccc2)c2ccccc2)=CC1. The van der Waals surface area contributed by atoms with Crippen LogP contribution in [0.3, 0.4) is 0 Å². The molecule has 1 aliphatic carbocycles. The highest BCUT2D eigenvalue weighted by atomic mass is 32.2. The van der Waals surface area contributed by atoms with Crippen LogP contribution in [0.15, 0.2) is 84.5 Å². The van der Waals surface area contributed by atoms with Crippen molar-refractivity contribution < 1.29 is 0 Å². The molecule has 1 unspecified atom stereocenters. The molecule has 0 aromatic heterocycles. The van der Waals surface area contributed by atoms with E-state index in [1.165, 1.54) is 23.1 Å². The molecule has 0 bridgehead atoms. The summed E-state index contributed by atoms with van der Waals surface area (Å²) in [6, 6.07) is 21.8. The molecule has 27 heavy (non-hydrogen) atoms. The Bertz CT molecular complexity index is 724. The number of hydrogen-bond donors (Lipinski definition) is 1. The van der Waals surface area contributed by atoms with Gasteiger partial charge in [0.05, 0.1) is 4.75 Å². The Balaban J connectivity index is 2.10. The van der Waals surface area contributed by atoms with Crippen molar-refractivity contribution in [2.24, 2.45) is 17.6 Å². The second-order valence-corrected chi connectivity index (χ2v) is 8.66. The van der Waals surface area contributed by atoms with Gasteiger partial charge in [0.25, 0.3) is 0 Å². The van der Waals surface area contributed by atoms with Crippen LogP contribution in [0.5, 0.6) is 0 Å². The van der Waals surface area contributed by atoms with E-state index in [9.17, 15) is 0 Å². The first kappa shape index (κ1) is 20.0. The maximum Gasteiger partial charge on any atom is 0.0904 e. The van der Waals surface area contributed by atoms with E-state index in [1.54, 1.807) is 0 Å². The predicted molar refractivity (Wildman–Crippen MR) is 120 cm³/mol. The van der Waals surface area contributed by atoms with Crippen molar-refractivity contribution in [3.8, 4) is 0 Å². The highest BCUT2D eigenvalue weighted by molar-refractivity contribution is 8.00. The Morgan fingerprint density at radius 2 is 1.63 bits per heavy atom. The van der Waals surface area contributed by atoms with Crippen LogP contribution in [0.1, 0.15) is 37.8 Å². The van der Waals surface area contributed by atoms with Crippen LogP contribution in [0, 0.1) is 11.8 Å². The summed E-state index contributed by atoms with van der Waals surface area (Å²) in [6.07, 6.45) is 9.63. The first-order valence-corrected chi connectivity index (χ1v) is 11.0. The fourth-order valence-electron chi connectivity index (χ4n) is 3.93. The molecule has 0 heterocycles. The molecule has 0 amide bonds. The summed E-state index contributed by atoms with van der Waals surface area (Å²) in [7, 11) is 0. The molecule has 0 aliphatic heterocycles. The third-order valence-corrected chi connectivity index (χ3v) is 7.29. The standard InChI is InChI=1S/C25H31NS/c1-3-20(2)21-14-16-24(17-15-21)25(27-19-18-26,22-10-6-4-7-11-22)23-12-8-5-9-13-23/h4-14,16-17,20-21H,3,15,18-19,26H2,1-2H3/t20-,21?/m0/s1. The Morgan fingerprint density at radius 3 is 2.07 bits per heavy atom. The van der Waals surface area contributed by atoms with Crippen LogP contribution < -0.4 is 5.73 Å². The summed E-state index contributed by atoms with van der Waals surface area (Å²) in [4.78, 5) is 0. The van der Waals surface area contributed by atoms with Gasteiger partial charge in [0.1, 0.15) is 0 Å². The van der Waals surface area contributed by atoms with E-state index in [-0.39, 0.29) is 4.75 Å². The predicted octanol–water partition coefficient (Wildman–Crippen LogP) is 6.17. The quantitative estimate of drug-likeness (QED) is 0.595. The van der Waals surface area contributed by atoms with Crippen molar-refractivity contribution in [1.82, 2.24) is 0 Å². The van der Waals surface area contributed by atoms with Crippen molar-refractivity contribution in [2.45, 2.75) is 31.4 Å². The van der Waals surface area contributed by atoms with Crippen LogP contribution in [0.4, 0.5) is 0 Å². The zero-order valence-electron chi connectivity index (χ0n) is 16.5. The van der Waals surface area contributed by atoms with Gasteiger partial charge in [-0.25, -0.2) is 0 Å². The van der Waals surface area contributed by atoms with Crippen LogP contribution in [-0.2, 0) is 4.75 Å². The molecule has 0 fully saturated rings. The minimum absolute atomic E-state index is 0.210. The van der Waals surface area contributed by atoms with Crippen LogP contribution in [0.25, 0.3) is 0 Å². The van der Waals surface area contributed by atoms with E-state index >= 15 is 0 Å². The Labute approximate surface area is 168 Å². The van der Waals surface area contributed by atoms with Gasteiger partial charge in [-0.2, -0.15) is 0 Å². The van der Waals surface area contributed by atoms with E-state index in [1.807, 2.05) is 11.8 Å². The fourth-order valence-corrected chi connectivity index (χ4v) is 5.28. The first-order valence-electron chi connectivity index (χ1n) is 10.1. The van der Waals surface area contributed by atoms with E-state index in [4.69, 9.17) is 5.73 Å². The molecule has 2 aromatic carbocycles. The summed E-state index contributed by atoms with van der Waals surface area (Å²) < 4.78 is -0.210. The lowest BCUT2D eigenvalue weighted by Crippen LogP contribution is -2.29. The Hall–Kier alpha value is -1.77. The molecule has 0 radical (unpaired) electrons. The van der Waals surface area contributed by atoms with Gasteiger partial charge in [0, 0.05) is 12.3 Å². The summed E-state index contributed by atoms with van der Waals surface area (Å²) in [6.45, 7) is 5.32. The van der Waals surface area contributed by atoms with Crippen molar-refractivity contribution in [1.29, 1.82) is 0 Å². The van der Waals surface area contributed by atoms with E-state index in [2.05, 4.69) is 92.7 Å². The maximum atomic E-state index is 5.94. The zero-order chi connectivity index (χ0) is 19.1. The third-order valence-electron chi connectivity index (χ3n) is 5.71. The number of allylic oxidation sites excluding steroid dienone is 3. The Morgan fingerprint density at radius 1 is 1.04 bits per heavy atom. The van der Waals surface area contributed by atoms with Crippen LogP contribution >= 0.6 is 11.8 Å². The highest BCUT2D eigenvalue weighted by Gasteiger charge is 2.38. The van der Waals surface area contributed by atoms with Crippen molar-refractivity contribution in [2.75, 3.05) is 12.3 Å². The molecule has 2 atom stereocenters. The highest BCUT2D eigenvalue weighted by Crippen LogP contribution is 2.50. The molecule has 2 aromatic rings. The molecule has 2 heteroatoms. The molecule has 0 spiro atoms. The van der Waals surface area contributed by atoms with Gasteiger partial charge in [0.2, 0.25) is 0 Å². The molecule has 3 rings (SSSR count). The smallest absolute Gasteiger partial charge is 0.0904 e. The Kier molecular flexibility index (Phi) is 6.98. The van der Waals surface area contributed by atoms with Gasteiger partial charge in [-0.15, -0.1) is 11.8 Å². The van der Waals surface area contributed by atoms with Gasteiger partial charge in [-0.3, -0.25) is 0 Å². The minimum Gasteiger partial charge on any atom is -0.330 e. The average Bonchev–Trinajstić information content (AvgIpc) is 2.75. The van der Waals surface area contributed by atoms with E-state index in [0.717, 1.165) is 18.1 Å². The van der Waals surface area contributed by atoms with Crippen molar-refractivity contribution in [3.05, 3.63) is 95.6 Å². The normalized spacial score (nSPS) is 18.2. The van der Waals surface area contributed by atoms with E-state index < -0.39 is 0 Å². The minimum atomic E-state index is -0.210. The molecular formula is C25H31NS. The molecular weight excluding hydrogens is 346 g/mol. The average molecular weight is 378 g/mol. The largest absolute Gasteiger partial charge is 0.330 e. The number of nitrogens with two attached hydrogens (primary N) is 1. The lowest BCUT2D eigenvalue weighted by Gasteiger charge is -2.38. The van der Waals surface area contributed by atoms with Crippen molar-refractivity contribution >= 4 is 11.8 Å². The lowest BCUT2D eigenvalue weighted by atomic mass is 9.78. The monoisotopic (exact) mass is 377 g/mol. The molecule has 0 saturated carbocycles. The molecule has 0 saturated heterocycles. The maximum absolute atomic E-state index is 5.94. The number of benzene rings is 2. The van der Waals surface area contributed by atoms with Crippen LogP contribution in [-0.4, -0.2) is 12.3 Å². The van der Waals surface area contributed by atoms with Crippen molar-refractivity contribution in [3.63, 3.8) is 0 Å². The van der Waals surface area contributed by atoms with Gasteiger partial charge >= 0.3 is 0 Å². The molecule has 1 aliphatic rings. The number of thioether (sulfide) groups is 1. The van der Waals surface area contributed by atoms with Gasteiger partial charge in [-0.1, -0.05) is 99.2 Å². The summed E-state index contributed by atoms with van der Waals surface area (Å²) in [5.74, 6) is 2.28. The molecule has 142 valence electrons. The van der Waals surface area contributed by atoms with Gasteiger partial charge < -0.3 is 5.73 Å². The lowest BCUT2D eigenvalue weighted by molar-refractivity contribution is 0.415. The number of rotatable bonds is 8. The third kappa shape index (κ3) is 4.23. The second kappa shape index (κ2) is 9.43. The van der Waals surface area contributed by atoms with Crippen LogP contribution in [0.2, 0.25) is 0 Å².